The van der Waals surface area contributed by atoms with Gasteiger partial charge >= 0.3 is 12.0 Å². The molecule has 0 spiro atoms. The number of unbranched alkanes of at least 4 members (excludes halogenated alkanes) is 1. The lowest BCUT2D eigenvalue weighted by atomic mass is 10.1. The quantitative estimate of drug-likeness (QED) is 0.663. The molecule has 2 amide bonds. The molecule has 0 aromatic rings. The lowest BCUT2D eigenvalue weighted by molar-refractivity contribution is -0.139. The van der Waals surface area contributed by atoms with Crippen molar-refractivity contribution >= 4 is 12.0 Å². The number of carbonyl (C=O) groups excluding carboxylic acids is 1. The molecule has 0 heterocycles. The molecule has 0 aromatic carbocycles. The summed E-state index contributed by atoms with van der Waals surface area (Å²) in [6.45, 7) is 6.14. The third kappa shape index (κ3) is 4.24. The number of carboxylic acids is 1. The Morgan fingerprint density at radius 1 is 1.47 bits per heavy atom. The summed E-state index contributed by atoms with van der Waals surface area (Å²) in [5.74, 6) is -0.969. The fraction of sp³-hybridized carbons (Fsp3) is 0.833. The molecular formula is C12H22N2O3. The van der Waals surface area contributed by atoms with Crippen molar-refractivity contribution in [3.63, 3.8) is 0 Å². The van der Waals surface area contributed by atoms with E-state index in [1.807, 2.05) is 6.92 Å². The minimum atomic E-state index is -0.969. The summed E-state index contributed by atoms with van der Waals surface area (Å²) < 4.78 is 0. The Hall–Kier alpha value is -1.26. The van der Waals surface area contributed by atoms with Gasteiger partial charge in [-0.05, 0) is 18.3 Å². The van der Waals surface area contributed by atoms with Crippen molar-refractivity contribution in [3.05, 3.63) is 0 Å². The Morgan fingerprint density at radius 3 is 2.47 bits per heavy atom. The van der Waals surface area contributed by atoms with Gasteiger partial charge in [0.15, 0.2) is 0 Å². The topological polar surface area (TPSA) is 78.4 Å². The summed E-state index contributed by atoms with van der Waals surface area (Å²) in [6.07, 6.45) is 3.15. The maximum atomic E-state index is 11.6. The van der Waals surface area contributed by atoms with Gasteiger partial charge in [0.2, 0.25) is 0 Å². The van der Waals surface area contributed by atoms with Crippen LogP contribution in [0, 0.1) is 5.41 Å². The van der Waals surface area contributed by atoms with E-state index in [1.54, 1.807) is 0 Å². The Labute approximate surface area is 102 Å². The molecule has 17 heavy (non-hydrogen) atoms. The first-order valence-electron chi connectivity index (χ1n) is 6.16. The van der Waals surface area contributed by atoms with Gasteiger partial charge in [-0.15, -0.1) is 0 Å². The van der Waals surface area contributed by atoms with Gasteiger partial charge in [-0.3, -0.25) is 0 Å². The van der Waals surface area contributed by atoms with Crippen LogP contribution in [0.15, 0.2) is 0 Å². The number of hydrogen-bond donors (Lipinski definition) is 3. The minimum absolute atomic E-state index is 0.152. The van der Waals surface area contributed by atoms with E-state index in [1.165, 1.54) is 0 Å². The van der Waals surface area contributed by atoms with Crippen molar-refractivity contribution in [2.45, 2.75) is 58.5 Å². The van der Waals surface area contributed by atoms with E-state index in [-0.39, 0.29) is 17.5 Å². The van der Waals surface area contributed by atoms with Gasteiger partial charge in [0.05, 0.1) is 0 Å². The predicted octanol–water partition coefficient (Wildman–Crippen LogP) is 1.73. The molecule has 1 aliphatic rings. The monoisotopic (exact) mass is 242 g/mol. The zero-order valence-electron chi connectivity index (χ0n) is 10.7. The zero-order valence-corrected chi connectivity index (χ0v) is 10.7. The van der Waals surface area contributed by atoms with Gasteiger partial charge in [-0.25, -0.2) is 9.59 Å². The van der Waals surface area contributed by atoms with Gasteiger partial charge in [-0.1, -0.05) is 33.6 Å². The third-order valence-electron chi connectivity index (χ3n) is 3.27. The number of hydrogen-bond acceptors (Lipinski definition) is 2. The molecule has 2 atom stereocenters. The van der Waals surface area contributed by atoms with Crippen LogP contribution in [0.4, 0.5) is 4.79 Å². The summed E-state index contributed by atoms with van der Waals surface area (Å²) in [5, 5.41) is 14.3. The van der Waals surface area contributed by atoms with E-state index < -0.39 is 12.0 Å². The van der Waals surface area contributed by atoms with Crippen LogP contribution in [-0.4, -0.2) is 29.2 Å². The minimum Gasteiger partial charge on any atom is -0.480 e. The van der Waals surface area contributed by atoms with Crippen molar-refractivity contribution in [1.82, 2.24) is 10.6 Å². The first-order valence-corrected chi connectivity index (χ1v) is 6.16. The smallest absolute Gasteiger partial charge is 0.326 e. The molecule has 1 rings (SSSR count). The van der Waals surface area contributed by atoms with Crippen LogP contribution in [0.5, 0.6) is 0 Å². The Bertz CT molecular complexity index is 302. The molecule has 0 bridgehead atoms. The van der Waals surface area contributed by atoms with Crippen LogP contribution in [-0.2, 0) is 4.79 Å². The summed E-state index contributed by atoms with van der Waals surface area (Å²) >= 11 is 0. The second-order valence-electron chi connectivity index (χ2n) is 5.40. The van der Waals surface area contributed by atoms with Gasteiger partial charge in [0, 0.05) is 6.04 Å². The first kappa shape index (κ1) is 13.8. The number of carboxylic acid groups (broad SMARTS) is 1. The molecule has 0 aliphatic heterocycles. The van der Waals surface area contributed by atoms with E-state index in [4.69, 9.17) is 5.11 Å². The molecule has 1 unspecified atom stereocenters. The van der Waals surface area contributed by atoms with E-state index in [0.29, 0.717) is 6.42 Å². The zero-order chi connectivity index (χ0) is 13.1. The standard InChI is InChI=1S/C12H22N2O3/c1-4-5-6-8(10(15)16)13-11(17)14-9-7-12(9,2)3/h8-9H,4-7H2,1-3H3,(H,15,16)(H2,13,14,17)/t8-,9?/m0/s1. The number of rotatable bonds is 6. The molecule has 5 heteroatoms. The highest BCUT2D eigenvalue weighted by Gasteiger charge is 2.46. The van der Waals surface area contributed by atoms with Crippen molar-refractivity contribution in [1.29, 1.82) is 0 Å². The molecule has 3 N–H and O–H groups in total. The molecule has 1 saturated carbocycles. The van der Waals surface area contributed by atoms with Crippen molar-refractivity contribution in [2.24, 2.45) is 5.41 Å². The van der Waals surface area contributed by atoms with Crippen LogP contribution in [0.2, 0.25) is 0 Å². The second-order valence-corrected chi connectivity index (χ2v) is 5.40. The Morgan fingerprint density at radius 2 is 2.06 bits per heavy atom. The molecule has 0 saturated heterocycles. The summed E-state index contributed by atoms with van der Waals surface area (Å²) in [5.41, 5.74) is 0.152. The lowest BCUT2D eigenvalue weighted by Gasteiger charge is -2.15. The van der Waals surface area contributed by atoms with Crippen LogP contribution >= 0.6 is 0 Å². The van der Waals surface area contributed by atoms with Crippen molar-refractivity contribution in [2.75, 3.05) is 0 Å². The van der Waals surface area contributed by atoms with E-state index in [9.17, 15) is 9.59 Å². The molecule has 5 nitrogen and oxygen atoms in total. The number of aliphatic carboxylic acids is 1. The van der Waals surface area contributed by atoms with Crippen LogP contribution < -0.4 is 10.6 Å². The van der Waals surface area contributed by atoms with Gasteiger partial charge in [-0.2, -0.15) is 0 Å². The molecule has 98 valence electrons. The van der Waals surface area contributed by atoms with Gasteiger partial charge in [0.1, 0.15) is 6.04 Å². The largest absolute Gasteiger partial charge is 0.480 e. The van der Waals surface area contributed by atoms with E-state index in [2.05, 4.69) is 24.5 Å². The Kier molecular flexibility index (Phi) is 4.37. The number of urea groups is 1. The second kappa shape index (κ2) is 5.38. The average molecular weight is 242 g/mol. The van der Waals surface area contributed by atoms with Crippen molar-refractivity contribution < 1.29 is 14.7 Å². The van der Waals surface area contributed by atoms with Crippen LogP contribution in [0.25, 0.3) is 0 Å². The maximum absolute atomic E-state index is 11.6. The van der Waals surface area contributed by atoms with Gasteiger partial charge in [0.25, 0.3) is 0 Å². The first-order chi connectivity index (χ1) is 7.86. The fourth-order valence-electron chi connectivity index (χ4n) is 1.74. The SMILES string of the molecule is CCCC[C@H](NC(=O)NC1CC1(C)C)C(=O)O. The normalized spacial score (nSPS) is 22.6. The van der Waals surface area contributed by atoms with Crippen LogP contribution in [0.3, 0.4) is 0 Å². The summed E-state index contributed by atoms with van der Waals surface area (Å²) in [6, 6.07) is -0.982. The lowest BCUT2D eigenvalue weighted by Crippen LogP contribution is -2.47. The third-order valence-corrected chi connectivity index (χ3v) is 3.27. The highest BCUT2D eigenvalue weighted by Crippen LogP contribution is 2.44. The van der Waals surface area contributed by atoms with E-state index in [0.717, 1.165) is 19.3 Å². The number of carbonyl (C=O) groups is 2. The van der Waals surface area contributed by atoms with E-state index >= 15 is 0 Å². The van der Waals surface area contributed by atoms with Crippen LogP contribution in [0.1, 0.15) is 46.5 Å². The highest BCUT2D eigenvalue weighted by atomic mass is 16.4. The number of nitrogens with one attached hydrogen (secondary N) is 2. The summed E-state index contributed by atoms with van der Waals surface area (Å²) in [4.78, 5) is 22.5. The maximum Gasteiger partial charge on any atom is 0.326 e. The summed E-state index contributed by atoms with van der Waals surface area (Å²) in [7, 11) is 0. The number of amides is 2. The predicted molar refractivity (Wildman–Crippen MR) is 64.8 cm³/mol. The fourth-order valence-corrected chi connectivity index (χ4v) is 1.74. The molecular weight excluding hydrogens is 220 g/mol. The molecule has 1 aliphatic carbocycles. The Balaban J connectivity index is 2.34. The molecule has 1 fully saturated rings. The molecule has 0 aromatic heterocycles. The van der Waals surface area contributed by atoms with Crippen molar-refractivity contribution in [3.8, 4) is 0 Å². The van der Waals surface area contributed by atoms with Gasteiger partial charge < -0.3 is 15.7 Å². The highest BCUT2D eigenvalue weighted by molar-refractivity contribution is 5.82. The molecule has 0 radical (unpaired) electrons. The average Bonchev–Trinajstić information content (AvgIpc) is 2.80.